The first-order valence-electron chi connectivity index (χ1n) is 6.29. The number of rotatable bonds is 3. The molecule has 1 aromatic rings. The van der Waals surface area contributed by atoms with Crippen molar-refractivity contribution in [2.75, 3.05) is 6.61 Å². The van der Waals surface area contributed by atoms with Crippen LogP contribution in [0, 0.1) is 5.92 Å². The van der Waals surface area contributed by atoms with Crippen molar-refractivity contribution in [3.63, 3.8) is 0 Å². The van der Waals surface area contributed by atoms with Crippen LogP contribution in [0.4, 0.5) is 0 Å². The maximum Gasteiger partial charge on any atom is 0.313 e. The number of hydrogen-bond acceptors (Lipinski definition) is 4. The Bertz CT molecular complexity index is 495. The second kappa shape index (κ2) is 3.99. The highest BCUT2D eigenvalue weighted by molar-refractivity contribution is 5.81. The van der Waals surface area contributed by atoms with Gasteiger partial charge in [0, 0.05) is 17.0 Å². The van der Waals surface area contributed by atoms with E-state index in [1.54, 1.807) is 13.8 Å². The predicted octanol–water partition coefficient (Wildman–Crippen LogP) is 1.78. The van der Waals surface area contributed by atoms with Gasteiger partial charge in [-0.15, -0.1) is 0 Å². The minimum atomic E-state index is -0.557. The van der Waals surface area contributed by atoms with E-state index in [4.69, 9.17) is 9.47 Å². The zero-order valence-corrected chi connectivity index (χ0v) is 10.4. The summed E-state index contributed by atoms with van der Waals surface area (Å²) in [7, 11) is 0. The molecular formula is C14H16O4. The van der Waals surface area contributed by atoms with Gasteiger partial charge in [0.1, 0.15) is 17.8 Å². The Morgan fingerprint density at radius 1 is 1.56 bits per heavy atom. The van der Waals surface area contributed by atoms with Gasteiger partial charge in [0.05, 0.1) is 12.7 Å². The van der Waals surface area contributed by atoms with Gasteiger partial charge in [0.25, 0.3) is 0 Å². The van der Waals surface area contributed by atoms with Gasteiger partial charge in [-0.25, -0.2) is 0 Å². The van der Waals surface area contributed by atoms with Gasteiger partial charge in [0.2, 0.25) is 0 Å². The molecule has 96 valence electrons. The van der Waals surface area contributed by atoms with E-state index in [-0.39, 0.29) is 23.9 Å². The highest BCUT2D eigenvalue weighted by Crippen LogP contribution is 2.59. The average molecular weight is 248 g/mol. The number of aliphatic hydroxyl groups is 1. The molecule has 1 aliphatic heterocycles. The van der Waals surface area contributed by atoms with E-state index in [1.165, 1.54) is 0 Å². The fourth-order valence-electron chi connectivity index (χ4n) is 2.76. The number of aliphatic hydroxyl groups excluding tert-OH is 1. The number of ether oxygens (including phenoxy) is 2. The molecule has 4 atom stereocenters. The van der Waals surface area contributed by atoms with Crippen LogP contribution in [-0.2, 0) is 9.53 Å². The lowest BCUT2D eigenvalue weighted by molar-refractivity contribution is -0.145. The van der Waals surface area contributed by atoms with E-state index in [2.05, 4.69) is 0 Å². The summed E-state index contributed by atoms with van der Waals surface area (Å²) in [5.41, 5.74) is 1.82. The van der Waals surface area contributed by atoms with Crippen LogP contribution in [0.2, 0.25) is 0 Å². The third-order valence-corrected chi connectivity index (χ3v) is 3.65. The highest BCUT2D eigenvalue weighted by Gasteiger charge is 2.63. The fraction of sp³-hybridized carbons (Fsp3) is 0.500. The van der Waals surface area contributed by atoms with E-state index in [0.717, 1.165) is 16.9 Å². The maximum atomic E-state index is 11.7. The molecule has 4 unspecified atom stereocenters. The lowest BCUT2D eigenvalue weighted by Gasteiger charge is -2.14. The van der Waals surface area contributed by atoms with Crippen molar-refractivity contribution in [2.24, 2.45) is 5.92 Å². The predicted molar refractivity (Wildman–Crippen MR) is 64.4 cm³/mol. The third kappa shape index (κ3) is 1.52. The Hall–Kier alpha value is -1.55. The van der Waals surface area contributed by atoms with Gasteiger partial charge >= 0.3 is 5.97 Å². The molecule has 2 aliphatic rings. The van der Waals surface area contributed by atoms with Gasteiger partial charge in [-0.3, -0.25) is 4.79 Å². The van der Waals surface area contributed by atoms with Crippen LogP contribution in [0.25, 0.3) is 0 Å². The second-order valence-electron chi connectivity index (χ2n) is 4.83. The Morgan fingerprint density at radius 3 is 3.00 bits per heavy atom. The van der Waals surface area contributed by atoms with Crippen LogP contribution < -0.4 is 4.74 Å². The normalized spacial score (nSPS) is 28.9. The lowest BCUT2D eigenvalue weighted by atomic mass is 10.0. The molecule has 0 spiro atoms. The minimum absolute atomic E-state index is 0.0982. The summed E-state index contributed by atoms with van der Waals surface area (Å²) in [6.07, 6.45) is -0.655. The maximum absolute atomic E-state index is 11.7. The molecule has 18 heavy (non-hydrogen) atoms. The number of para-hydroxylation sites is 1. The average Bonchev–Trinajstić information content (AvgIpc) is 2.92. The molecule has 1 aliphatic carbocycles. The molecule has 1 saturated carbocycles. The Morgan fingerprint density at radius 2 is 2.33 bits per heavy atom. The number of benzene rings is 1. The van der Waals surface area contributed by atoms with E-state index in [0.29, 0.717) is 6.61 Å². The lowest BCUT2D eigenvalue weighted by Crippen LogP contribution is -2.14. The molecule has 0 amide bonds. The van der Waals surface area contributed by atoms with Crippen molar-refractivity contribution in [3.05, 3.63) is 29.3 Å². The number of hydrogen-bond donors (Lipinski definition) is 1. The van der Waals surface area contributed by atoms with Crippen molar-refractivity contribution < 1.29 is 19.4 Å². The summed E-state index contributed by atoms with van der Waals surface area (Å²) in [5.74, 6) is 0.517. The topological polar surface area (TPSA) is 55.8 Å². The number of fused-ring (bicyclic) bond motifs is 3. The highest BCUT2D eigenvalue weighted by atomic mass is 16.5. The second-order valence-corrected chi connectivity index (χ2v) is 4.83. The van der Waals surface area contributed by atoms with Crippen molar-refractivity contribution >= 4 is 5.97 Å². The van der Waals surface area contributed by atoms with Crippen molar-refractivity contribution in [3.8, 4) is 5.75 Å². The van der Waals surface area contributed by atoms with Gasteiger partial charge in [-0.2, -0.15) is 0 Å². The molecule has 0 bridgehead atoms. The molecule has 1 N–H and O–H groups in total. The molecule has 0 radical (unpaired) electrons. The number of carbonyl (C=O) groups excluding carboxylic acids is 1. The Kier molecular flexibility index (Phi) is 2.55. The first-order valence-corrected chi connectivity index (χ1v) is 6.29. The van der Waals surface area contributed by atoms with Crippen LogP contribution in [0.5, 0.6) is 5.75 Å². The van der Waals surface area contributed by atoms with Crippen LogP contribution >= 0.6 is 0 Å². The number of esters is 1. The van der Waals surface area contributed by atoms with Crippen LogP contribution in [0.1, 0.15) is 37.0 Å². The summed E-state index contributed by atoms with van der Waals surface area (Å²) < 4.78 is 10.8. The van der Waals surface area contributed by atoms with E-state index in [1.807, 2.05) is 18.2 Å². The standard InChI is InChI=1S/C14H16O4/c1-3-17-14(16)11-10-9-6-4-5-8(7(2)15)12(9)18-13(10)11/h4-7,10-11,13,15H,3H2,1-2H3. The van der Waals surface area contributed by atoms with Crippen molar-refractivity contribution in [1.82, 2.24) is 0 Å². The fourth-order valence-corrected chi connectivity index (χ4v) is 2.76. The third-order valence-electron chi connectivity index (χ3n) is 3.65. The molecular weight excluding hydrogens is 232 g/mol. The van der Waals surface area contributed by atoms with Crippen LogP contribution in [0.3, 0.4) is 0 Å². The molecule has 0 aromatic heterocycles. The quantitative estimate of drug-likeness (QED) is 0.828. The molecule has 1 fully saturated rings. The van der Waals surface area contributed by atoms with Crippen molar-refractivity contribution in [2.45, 2.75) is 32.0 Å². The Labute approximate surface area is 106 Å². The van der Waals surface area contributed by atoms with E-state index >= 15 is 0 Å². The summed E-state index contributed by atoms with van der Waals surface area (Å²) in [6, 6.07) is 5.71. The van der Waals surface area contributed by atoms with Crippen LogP contribution in [0.15, 0.2) is 18.2 Å². The molecule has 1 heterocycles. The first-order chi connectivity index (χ1) is 8.65. The zero-order chi connectivity index (χ0) is 12.9. The van der Waals surface area contributed by atoms with E-state index in [9.17, 15) is 9.90 Å². The Balaban J connectivity index is 1.86. The zero-order valence-electron chi connectivity index (χ0n) is 10.4. The number of carbonyl (C=O) groups is 1. The molecule has 3 rings (SSSR count). The molecule has 4 heteroatoms. The monoisotopic (exact) mass is 248 g/mol. The smallest absolute Gasteiger partial charge is 0.313 e. The largest absolute Gasteiger partial charge is 0.488 e. The molecule has 1 aromatic carbocycles. The first kappa shape index (κ1) is 11.5. The van der Waals surface area contributed by atoms with Crippen molar-refractivity contribution in [1.29, 1.82) is 0 Å². The summed E-state index contributed by atoms with van der Waals surface area (Å²) >= 11 is 0. The summed E-state index contributed by atoms with van der Waals surface area (Å²) in [6.45, 7) is 3.91. The van der Waals surface area contributed by atoms with Crippen LogP contribution in [-0.4, -0.2) is 23.8 Å². The molecule has 0 saturated heterocycles. The minimum Gasteiger partial charge on any atom is -0.488 e. The summed E-state index contributed by atoms with van der Waals surface area (Å²) in [5, 5.41) is 9.68. The van der Waals surface area contributed by atoms with Gasteiger partial charge in [-0.05, 0) is 13.8 Å². The van der Waals surface area contributed by atoms with Gasteiger partial charge in [-0.1, -0.05) is 18.2 Å². The SMILES string of the molecule is CCOC(=O)C1C2Oc3c(C(C)O)cccc3C21. The van der Waals surface area contributed by atoms with Gasteiger partial charge < -0.3 is 14.6 Å². The summed E-state index contributed by atoms with van der Waals surface area (Å²) in [4.78, 5) is 11.7. The molecule has 4 nitrogen and oxygen atoms in total. The van der Waals surface area contributed by atoms with E-state index < -0.39 is 6.10 Å². The van der Waals surface area contributed by atoms with Gasteiger partial charge in [0.15, 0.2) is 0 Å².